The molecule has 0 saturated carbocycles. The highest BCUT2D eigenvalue weighted by Gasteiger charge is 2.13. The number of hydrogen-bond donors (Lipinski definition) is 0. The fourth-order valence-corrected chi connectivity index (χ4v) is 1.40. The van der Waals surface area contributed by atoms with E-state index < -0.39 is 5.78 Å². The third kappa shape index (κ3) is 1.98. The average Bonchev–Trinajstić information content (AvgIpc) is 2.19. The molecule has 72 valence electrons. The van der Waals surface area contributed by atoms with E-state index in [1.54, 1.807) is 0 Å². The Morgan fingerprint density at radius 1 is 1.43 bits per heavy atom. The van der Waals surface area contributed by atoms with E-state index in [0.717, 1.165) is 0 Å². The van der Waals surface area contributed by atoms with E-state index in [2.05, 4.69) is 0 Å². The number of methoxy groups -OCH3 is 1. The van der Waals surface area contributed by atoms with Crippen molar-refractivity contribution in [3.8, 4) is 11.8 Å². The summed E-state index contributed by atoms with van der Waals surface area (Å²) in [4.78, 5) is 11.0. The number of carbonyl (C=O) groups excluding carboxylic acids is 1. The van der Waals surface area contributed by atoms with E-state index in [9.17, 15) is 4.79 Å². The molecule has 14 heavy (non-hydrogen) atoms. The predicted octanol–water partition coefficient (Wildman–Crippen LogP) is 2.71. The topological polar surface area (TPSA) is 50.1 Å². The van der Waals surface area contributed by atoms with E-state index in [1.165, 1.54) is 25.3 Å². The number of rotatable bonds is 2. The van der Waals surface area contributed by atoms with Gasteiger partial charge in [-0.2, -0.15) is 5.26 Å². The molecule has 0 N–H and O–H groups in total. The van der Waals surface area contributed by atoms with Gasteiger partial charge in [-0.05, 0) is 6.07 Å². The fourth-order valence-electron chi connectivity index (χ4n) is 0.919. The summed E-state index contributed by atoms with van der Waals surface area (Å²) in [6.07, 6.45) is 0. The van der Waals surface area contributed by atoms with Gasteiger partial charge in [0.2, 0.25) is 0 Å². The van der Waals surface area contributed by atoms with Crippen molar-refractivity contribution in [2.45, 2.75) is 0 Å². The number of ether oxygens (including phenoxy) is 1. The number of Topliss-reactive ketones (excluding diaryl/α,β-unsaturated/α-hetero) is 1. The number of benzene rings is 1. The first-order chi connectivity index (χ1) is 6.60. The first-order valence-corrected chi connectivity index (χ1v) is 4.33. The molecular weight excluding hydrogens is 225 g/mol. The van der Waals surface area contributed by atoms with Crippen molar-refractivity contribution in [2.24, 2.45) is 0 Å². The van der Waals surface area contributed by atoms with Crippen LogP contribution in [0.4, 0.5) is 0 Å². The molecule has 0 aliphatic carbocycles. The number of nitrogens with zero attached hydrogens (tertiary/aromatic N) is 1. The SMILES string of the molecule is COc1cc(Cl)c(C(=O)C#N)cc1Cl. The van der Waals surface area contributed by atoms with E-state index in [4.69, 9.17) is 33.2 Å². The second kappa shape index (κ2) is 4.32. The fraction of sp³-hybridized carbons (Fsp3) is 0.111. The van der Waals surface area contributed by atoms with Gasteiger partial charge >= 0.3 is 0 Å². The molecule has 0 atom stereocenters. The summed E-state index contributed by atoms with van der Waals surface area (Å²) >= 11 is 11.5. The Hall–Kier alpha value is -1.24. The molecule has 1 rings (SSSR count). The maximum atomic E-state index is 11.0. The summed E-state index contributed by atoms with van der Waals surface area (Å²) < 4.78 is 4.88. The van der Waals surface area contributed by atoms with Gasteiger partial charge in [0.05, 0.1) is 22.7 Å². The monoisotopic (exact) mass is 229 g/mol. The van der Waals surface area contributed by atoms with Crippen LogP contribution in [0.1, 0.15) is 10.4 Å². The van der Waals surface area contributed by atoms with Crippen molar-refractivity contribution >= 4 is 29.0 Å². The standard InChI is InChI=1S/C9H5Cl2NO2/c1-14-9-3-6(10)5(2-7(9)11)8(13)4-12/h2-3H,1H3. The summed E-state index contributed by atoms with van der Waals surface area (Å²) in [5, 5.41) is 8.79. The molecule has 0 fully saturated rings. The van der Waals surface area contributed by atoms with Crippen LogP contribution in [0.3, 0.4) is 0 Å². The molecule has 0 saturated heterocycles. The van der Waals surface area contributed by atoms with E-state index in [0.29, 0.717) is 5.75 Å². The number of halogens is 2. The normalized spacial score (nSPS) is 9.29. The minimum Gasteiger partial charge on any atom is -0.495 e. The zero-order valence-electron chi connectivity index (χ0n) is 7.17. The number of carbonyl (C=O) groups is 1. The minimum absolute atomic E-state index is 0.0833. The van der Waals surface area contributed by atoms with Crippen LogP contribution in [0.2, 0.25) is 10.0 Å². The molecule has 0 aliphatic heterocycles. The van der Waals surface area contributed by atoms with Gasteiger partial charge in [-0.25, -0.2) is 0 Å². The van der Waals surface area contributed by atoms with Crippen LogP contribution in [0.15, 0.2) is 12.1 Å². The van der Waals surface area contributed by atoms with Gasteiger partial charge < -0.3 is 4.74 Å². The van der Waals surface area contributed by atoms with Crippen molar-refractivity contribution < 1.29 is 9.53 Å². The van der Waals surface area contributed by atoms with Gasteiger partial charge in [-0.1, -0.05) is 23.2 Å². The molecule has 0 aliphatic rings. The Balaban J connectivity index is 3.30. The second-order valence-electron chi connectivity index (χ2n) is 2.41. The summed E-state index contributed by atoms with van der Waals surface area (Å²) in [7, 11) is 1.43. The third-order valence-electron chi connectivity index (χ3n) is 1.59. The van der Waals surface area contributed by atoms with E-state index in [1.807, 2.05) is 0 Å². The molecule has 0 spiro atoms. The lowest BCUT2D eigenvalue weighted by atomic mass is 10.1. The summed E-state index contributed by atoms with van der Waals surface area (Å²) in [6, 6.07) is 4.17. The maximum Gasteiger partial charge on any atom is 0.263 e. The largest absolute Gasteiger partial charge is 0.495 e. The Bertz CT molecular complexity index is 424. The smallest absolute Gasteiger partial charge is 0.263 e. The minimum atomic E-state index is -0.723. The lowest BCUT2D eigenvalue weighted by molar-refractivity contribution is 0.105. The Morgan fingerprint density at radius 2 is 2.07 bits per heavy atom. The summed E-state index contributed by atoms with van der Waals surface area (Å²) in [5.41, 5.74) is 0.0833. The van der Waals surface area contributed by atoms with Crippen molar-refractivity contribution in [1.29, 1.82) is 5.26 Å². The van der Waals surface area contributed by atoms with Crippen LogP contribution < -0.4 is 4.74 Å². The maximum absolute atomic E-state index is 11.0. The molecule has 0 bridgehead atoms. The summed E-state index contributed by atoms with van der Waals surface area (Å²) in [5.74, 6) is -0.356. The van der Waals surface area contributed by atoms with Crippen LogP contribution in [0.25, 0.3) is 0 Å². The van der Waals surface area contributed by atoms with Crippen LogP contribution in [0.5, 0.6) is 5.75 Å². The highest BCUT2D eigenvalue weighted by atomic mass is 35.5. The van der Waals surface area contributed by atoms with Crippen LogP contribution in [-0.4, -0.2) is 12.9 Å². The zero-order chi connectivity index (χ0) is 10.7. The highest BCUT2D eigenvalue weighted by molar-refractivity contribution is 6.37. The third-order valence-corrected chi connectivity index (χ3v) is 2.20. The highest BCUT2D eigenvalue weighted by Crippen LogP contribution is 2.30. The molecule has 0 unspecified atom stereocenters. The average molecular weight is 230 g/mol. The predicted molar refractivity (Wildman–Crippen MR) is 53.0 cm³/mol. The first-order valence-electron chi connectivity index (χ1n) is 3.57. The number of ketones is 1. The van der Waals surface area contributed by atoms with Crippen LogP contribution in [0, 0.1) is 11.3 Å². The van der Waals surface area contributed by atoms with Crippen LogP contribution in [-0.2, 0) is 0 Å². The van der Waals surface area contributed by atoms with Gasteiger partial charge in [0, 0.05) is 6.07 Å². The lowest BCUT2D eigenvalue weighted by Gasteiger charge is -2.05. The van der Waals surface area contributed by atoms with E-state index >= 15 is 0 Å². The molecule has 0 aromatic heterocycles. The zero-order valence-corrected chi connectivity index (χ0v) is 8.69. The molecule has 0 heterocycles. The van der Waals surface area contributed by atoms with Gasteiger partial charge in [-0.15, -0.1) is 0 Å². The second-order valence-corrected chi connectivity index (χ2v) is 3.22. The molecule has 3 nitrogen and oxygen atoms in total. The molecule has 5 heteroatoms. The van der Waals surface area contributed by atoms with Crippen LogP contribution >= 0.6 is 23.2 Å². The Kier molecular flexibility index (Phi) is 3.34. The van der Waals surface area contributed by atoms with Crippen molar-refractivity contribution in [3.63, 3.8) is 0 Å². The first kappa shape index (κ1) is 10.8. The molecule has 0 radical (unpaired) electrons. The summed E-state index contributed by atoms with van der Waals surface area (Å²) in [6.45, 7) is 0. The van der Waals surface area contributed by atoms with E-state index in [-0.39, 0.29) is 15.6 Å². The Labute approximate surface area is 90.8 Å². The molecular formula is C9H5Cl2NO2. The van der Waals surface area contributed by atoms with Gasteiger partial charge in [-0.3, -0.25) is 4.79 Å². The van der Waals surface area contributed by atoms with Gasteiger partial charge in [0.25, 0.3) is 5.78 Å². The van der Waals surface area contributed by atoms with Gasteiger partial charge in [0.15, 0.2) is 0 Å². The molecule has 1 aromatic rings. The van der Waals surface area contributed by atoms with Crippen molar-refractivity contribution in [2.75, 3.05) is 7.11 Å². The quantitative estimate of drug-likeness (QED) is 0.579. The van der Waals surface area contributed by atoms with Gasteiger partial charge in [0.1, 0.15) is 11.8 Å². The lowest BCUT2D eigenvalue weighted by Crippen LogP contribution is -1.97. The van der Waals surface area contributed by atoms with Crippen molar-refractivity contribution in [3.05, 3.63) is 27.7 Å². The molecule has 1 aromatic carbocycles. The Morgan fingerprint density at radius 3 is 2.57 bits per heavy atom. The number of nitriles is 1. The number of hydrogen-bond acceptors (Lipinski definition) is 3. The molecule has 0 amide bonds. The van der Waals surface area contributed by atoms with Crippen molar-refractivity contribution in [1.82, 2.24) is 0 Å².